The molecule has 0 saturated heterocycles. The second-order valence-electron chi connectivity index (χ2n) is 8.39. The predicted octanol–water partition coefficient (Wildman–Crippen LogP) is 4.47. The van der Waals surface area contributed by atoms with E-state index in [1.54, 1.807) is 0 Å². The highest BCUT2D eigenvalue weighted by molar-refractivity contribution is 5.18. The van der Waals surface area contributed by atoms with Crippen molar-refractivity contribution in [3.8, 4) is 0 Å². The largest absolute Gasteiger partial charge is 0.396 e. The summed E-state index contributed by atoms with van der Waals surface area (Å²) in [6.45, 7) is 12.8. The van der Waals surface area contributed by atoms with E-state index in [-0.39, 0.29) is 17.4 Å². The van der Waals surface area contributed by atoms with Crippen LogP contribution >= 0.6 is 0 Å². The average Bonchev–Trinajstić information content (AvgIpc) is 2.50. The normalized spacial score (nSPS) is 46.2. The molecule has 0 bridgehead atoms. The Morgan fingerprint density at radius 1 is 1.27 bits per heavy atom. The van der Waals surface area contributed by atoms with Crippen LogP contribution in [-0.2, 0) is 0 Å². The first-order valence-corrected chi connectivity index (χ1v) is 8.86. The third-order valence-electron chi connectivity index (χ3n) is 7.17. The molecule has 22 heavy (non-hydrogen) atoms. The highest BCUT2D eigenvalue weighted by Crippen LogP contribution is 2.63. The van der Waals surface area contributed by atoms with Gasteiger partial charge in [-0.3, -0.25) is 0 Å². The minimum absolute atomic E-state index is 0.0433. The summed E-state index contributed by atoms with van der Waals surface area (Å²) < 4.78 is 0. The monoisotopic (exact) mass is 306 g/mol. The van der Waals surface area contributed by atoms with Crippen LogP contribution in [0.1, 0.15) is 66.2 Å². The molecule has 5 atom stereocenters. The van der Waals surface area contributed by atoms with Crippen molar-refractivity contribution in [2.75, 3.05) is 6.61 Å². The van der Waals surface area contributed by atoms with Crippen molar-refractivity contribution in [3.63, 3.8) is 0 Å². The molecule has 1 unspecified atom stereocenters. The topological polar surface area (TPSA) is 40.5 Å². The maximum absolute atomic E-state index is 11.7. The zero-order valence-corrected chi connectivity index (χ0v) is 14.9. The third kappa shape index (κ3) is 2.59. The van der Waals surface area contributed by atoms with Crippen LogP contribution in [-0.4, -0.2) is 22.4 Å². The maximum Gasteiger partial charge on any atom is 0.0763 e. The molecule has 2 saturated carbocycles. The van der Waals surface area contributed by atoms with E-state index < -0.39 is 5.60 Å². The molecule has 2 nitrogen and oxygen atoms in total. The van der Waals surface area contributed by atoms with E-state index in [1.807, 2.05) is 13.0 Å². The molecule has 0 amide bonds. The van der Waals surface area contributed by atoms with E-state index >= 15 is 0 Å². The lowest BCUT2D eigenvalue weighted by molar-refractivity contribution is -0.215. The quantitative estimate of drug-likeness (QED) is 0.752. The maximum atomic E-state index is 11.7. The van der Waals surface area contributed by atoms with E-state index in [0.29, 0.717) is 18.3 Å². The number of aliphatic hydroxyl groups excluding tert-OH is 1. The summed E-state index contributed by atoms with van der Waals surface area (Å²) in [4.78, 5) is 0. The lowest BCUT2D eigenvalue weighted by atomic mass is 9.44. The van der Waals surface area contributed by atoms with Crippen molar-refractivity contribution in [2.24, 2.45) is 22.7 Å². The smallest absolute Gasteiger partial charge is 0.0763 e. The molecule has 2 N–H and O–H groups in total. The molecular formula is C20H34O2. The van der Waals surface area contributed by atoms with Gasteiger partial charge in [-0.25, -0.2) is 0 Å². The van der Waals surface area contributed by atoms with Gasteiger partial charge in [-0.2, -0.15) is 0 Å². The molecule has 0 aromatic heterocycles. The summed E-state index contributed by atoms with van der Waals surface area (Å²) in [5.41, 5.74) is 0.292. The van der Waals surface area contributed by atoms with Gasteiger partial charge in [0.15, 0.2) is 0 Å². The van der Waals surface area contributed by atoms with Crippen molar-refractivity contribution in [1.82, 2.24) is 0 Å². The second-order valence-corrected chi connectivity index (χ2v) is 8.39. The Balaban J connectivity index is 2.41. The highest BCUT2D eigenvalue weighted by Gasteiger charge is 2.61. The third-order valence-corrected chi connectivity index (χ3v) is 7.17. The van der Waals surface area contributed by atoms with Crippen LogP contribution in [0.5, 0.6) is 0 Å². The van der Waals surface area contributed by atoms with Crippen molar-refractivity contribution in [1.29, 1.82) is 0 Å². The summed E-state index contributed by atoms with van der Waals surface area (Å²) in [5, 5.41) is 21.7. The van der Waals surface area contributed by atoms with Gasteiger partial charge in [0.05, 0.1) is 5.60 Å². The Bertz CT molecular complexity index is 455. The minimum Gasteiger partial charge on any atom is -0.396 e. The molecule has 0 radical (unpaired) electrons. The van der Waals surface area contributed by atoms with Crippen molar-refractivity contribution >= 4 is 0 Å². The van der Waals surface area contributed by atoms with Gasteiger partial charge in [0.2, 0.25) is 0 Å². The zero-order valence-electron chi connectivity index (χ0n) is 14.9. The van der Waals surface area contributed by atoms with Crippen LogP contribution in [0.15, 0.2) is 24.3 Å². The minimum atomic E-state index is -0.683. The Morgan fingerprint density at radius 2 is 1.95 bits per heavy atom. The Kier molecular flexibility index (Phi) is 4.94. The standard InChI is InChI=1S/C20H34O2/c1-6-15(2)10-13-20(22)16(3)8-9-17-18(4,14-21)11-7-12-19(17,20)5/h6,10,16-17,21-22H,1,7-9,11-14H2,2-5H3/t16-,17-,18?,19-,20+/m0/s1. The first kappa shape index (κ1) is 17.7. The van der Waals surface area contributed by atoms with Gasteiger partial charge in [0.1, 0.15) is 0 Å². The molecule has 2 heteroatoms. The summed E-state index contributed by atoms with van der Waals surface area (Å²) in [6.07, 6.45) is 10.1. The van der Waals surface area contributed by atoms with E-state index in [9.17, 15) is 10.2 Å². The Labute approximate surface area is 136 Å². The Hall–Kier alpha value is -0.600. The summed E-state index contributed by atoms with van der Waals surface area (Å²) in [7, 11) is 0. The fraction of sp³-hybridized carbons (Fsp3) is 0.800. The van der Waals surface area contributed by atoms with Crippen LogP contribution in [0.25, 0.3) is 0 Å². The van der Waals surface area contributed by atoms with Crippen LogP contribution in [0.2, 0.25) is 0 Å². The number of fused-ring (bicyclic) bond motifs is 1. The lowest BCUT2D eigenvalue weighted by Crippen LogP contribution is -2.63. The van der Waals surface area contributed by atoms with Crippen LogP contribution in [0, 0.1) is 22.7 Å². The van der Waals surface area contributed by atoms with E-state index in [4.69, 9.17) is 0 Å². The lowest BCUT2D eigenvalue weighted by Gasteiger charge is -2.63. The van der Waals surface area contributed by atoms with Gasteiger partial charge in [0.25, 0.3) is 0 Å². The van der Waals surface area contributed by atoms with Gasteiger partial charge in [-0.15, -0.1) is 0 Å². The molecule has 0 aromatic carbocycles. The average molecular weight is 306 g/mol. The van der Waals surface area contributed by atoms with Crippen molar-refractivity contribution in [2.45, 2.75) is 71.8 Å². The number of aliphatic hydroxyl groups is 2. The summed E-state index contributed by atoms with van der Waals surface area (Å²) in [6, 6.07) is 0. The summed E-state index contributed by atoms with van der Waals surface area (Å²) in [5.74, 6) is 0.695. The van der Waals surface area contributed by atoms with Crippen LogP contribution in [0.3, 0.4) is 0 Å². The molecule has 2 aliphatic rings. The van der Waals surface area contributed by atoms with Crippen LogP contribution < -0.4 is 0 Å². The molecule has 0 heterocycles. The molecule has 2 rings (SSSR count). The molecule has 126 valence electrons. The van der Waals surface area contributed by atoms with Crippen LogP contribution in [0.4, 0.5) is 0 Å². The molecular weight excluding hydrogens is 272 g/mol. The number of hydrogen-bond donors (Lipinski definition) is 2. The van der Waals surface area contributed by atoms with Gasteiger partial charge >= 0.3 is 0 Å². The second kappa shape index (κ2) is 6.13. The first-order valence-electron chi connectivity index (χ1n) is 8.86. The zero-order chi connectivity index (χ0) is 16.6. The number of hydrogen-bond acceptors (Lipinski definition) is 2. The fourth-order valence-electron chi connectivity index (χ4n) is 5.40. The van der Waals surface area contributed by atoms with Gasteiger partial charge in [-0.1, -0.05) is 51.5 Å². The fourth-order valence-corrected chi connectivity index (χ4v) is 5.40. The molecule has 0 aromatic rings. The van der Waals surface area contributed by atoms with E-state index in [2.05, 4.69) is 33.4 Å². The number of rotatable bonds is 4. The van der Waals surface area contributed by atoms with Gasteiger partial charge < -0.3 is 10.2 Å². The molecule has 0 aliphatic heterocycles. The number of allylic oxidation sites excluding steroid dienone is 2. The molecule has 2 aliphatic carbocycles. The van der Waals surface area contributed by atoms with Gasteiger partial charge in [0, 0.05) is 12.0 Å². The highest BCUT2D eigenvalue weighted by atomic mass is 16.3. The first-order chi connectivity index (χ1) is 10.2. The van der Waals surface area contributed by atoms with Crippen molar-refractivity contribution in [3.05, 3.63) is 24.3 Å². The predicted molar refractivity (Wildman–Crippen MR) is 92.6 cm³/mol. The molecule has 2 fully saturated rings. The molecule has 0 spiro atoms. The SMILES string of the molecule is C=CC(C)=CC[C@@]1(O)[C@@H](C)CC[C@H]2C(C)(CO)CCC[C@@]21C. The van der Waals surface area contributed by atoms with Gasteiger partial charge in [-0.05, 0) is 56.3 Å². The van der Waals surface area contributed by atoms with Crippen molar-refractivity contribution < 1.29 is 10.2 Å². The summed E-state index contributed by atoms with van der Waals surface area (Å²) >= 11 is 0. The Morgan fingerprint density at radius 3 is 2.55 bits per heavy atom. The van der Waals surface area contributed by atoms with E-state index in [1.165, 1.54) is 0 Å². The van der Waals surface area contributed by atoms with E-state index in [0.717, 1.165) is 37.7 Å².